The van der Waals surface area contributed by atoms with Gasteiger partial charge in [0, 0.05) is 6.61 Å². The summed E-state index contributed by atoms with van der Waals surface area (Å²) in [4.78, 5) is 0. The average molecular weight is 349 g/mol. The van der Waals surface area contributed by atoms with Crippen molar-refractivity contribution in [3.05, 3.63) is 12.2 Å². The predicted octanol–water partition coefficient (Wildman–Crippen LogP) is 7.41. The molecule has 25 heavy (non-hydrogen) atoms. The van der Waals surface area contributed by atoms with Gasteiger partial charge < -0.3 is 4.74 Å². The van der Waals surface area contributed by atoms with Crippen LogP contribution >= 0.6 is 0 Å². The number of hydrogen-bond donors (Lipinski definition) is 0. The van der Waals surface area contributed by atoms with Crippen LogP contribution in [0, 0.1) is 29.6 Å². The lowest BCUT2D eigenvalue weighted by Gasteiger charge is -2.39. The van der Waals surface area contributed by atoms with Crippen LogP contribution in [0.4, 0.5) is 0 Å². The average Bonchev–Trinajstić information content (AvgIpc) is 2.63. The third-order valence-electron chi connectivity index (χ3n) is 7.17. The van der Waals surface area contributed by atoms with Gasteiger partial charge in [-0.2, -0.15) is 0 Å². The van der Waals surface area contributed by atoms with Crippen LogP contribution < -0.4 is 0 Å². The van der Waals surface area contributed by atoms with E-state index in [2.05, 4.69) is 39.8 Å². The monoisotopic (exact) mass is 348 g/mol. The standard InChI is InChI=1S/C24H44O/c1-5-7-8-18-25-24-17-16-23(19(3)20(24)4)15-14-22-12-10-21(9-6-2)11-13-22/h14-15,19-24H,5-13,16-18H2,1-4H3. The fourth-order valence-electron chi connectivity index (χ4n) is 5.08. The molecule has 0 aromatic carbocycles. The molecule has 0 amide bonds. The zero-order chi connectivity index (χ0) is 18.1. The molecule has 2 aliphatic carbocycles. The van der Waals surface area contributed by atoms with Gasteiger partial charge in [0.2, 0.25) is 0 Å². The molecule has 2 aliphatic rings. The van der Waals surface area contributed by atoms with Crippen LogP contribution in [0.15, 0.2) is 12.2 Å². The number of rotatable bonds is 9. The van der Waals surface area contributed by atoms with Crippen LogP contribution in [-0.4, -0.2) is 12.7 Å². The number of hydrogen-bond acceptors (Lipinski definition) is 1. The van der Waals surface area contributed by atoms with Gasteiger partial charge in [-0.05, 0) is 74.5 Å². The minimum absolute atomic E-state index is 0.501. The first-order valence-corrected chi connectivity index (χ1v) is 11.5. The van der Waals surface area contributed by atoms with Gasteiger partial charge in [0.15, 0.2) is 0 Å². The van der Waals surface area contributed by atoms with Crippen LogP contribution in [0.3, 0.4) is 0 Å². The Kier molecular flexibility index (Phi) is 9.60. The largest absolute Gasteiger partial charge is 0.378 e. The first-order valence-electron chi connectivity index (χ1n) is 11.5. The van der Waals surface area contributed by atoms with Crippen molar-refractivity contribution >= 4 is 0 Å². The molecule has 0 saturated heterocycles. The Balaban J connectivity index is 1.73. The van der Waals surface area contributed by atoms with Gasteiger partial charge in [-0.25, -0.2) is 0 Å². The minimum atomic E-state index is 0.501. The summed E-state index contributed by atoms with van der Waals surface area (Å²) < 4.78 is 6.22. The molecule has 1 heteroatoms. The highest BCUT2D eigenvalue weighted by Gasteiger charge is 2.33. The van der Waals surface area contributed by atoms with Gasteiger partial charge in [0.25, 0.3) is 0 Å². The van der Waals surface area contributed by atoms with Gasteiger partial charge in [-0.1, -0.05) is 65.5 Å². The van der Waals surface area contributed by atoms with Crippen molar-refractivity contribution in [2.24, 2.45) is 29.6 Å². The Labute approximate surface area is 158 Å². The molecular formula is C24H44O. The first-order chi connectivity index (χ1) is 12.2. The van der Waals surface area contributed by atoms with Crippen molar-refractivity contribution in [2.75, 3.05) is 6.61 Å². The van der Waals surface area contributed by atoms with E-state index in [-0.39, 0.29) is 0 Å². The summed E-state index contributed by atoms with van der Waals surface area (Å²) in [7, 11) is 0. The lowest BCUT2D eigenvalue weighted by molar-refractivity contribution is -0.0353. The summed E-state index contributed by atoms with van der Waals surface area (Å²) >= 11 is 0. The molecule has 2 saturated carbocycles. The lowest BCUT2D eigenvalue weighted by Crippen LogP contribution is -2.36. The molecule has 0 N–H and O–H groups in total. The summed E-state index contributed by atoms with van der Waals surface area (Å²) in [6, 6.07) is 0. The predicted molar refractivity (Wildman–Crippen MR) is 110 cm³/mol. The molecule has 1 nitrogen and oxygen atoms in total. The SMILES string of the molecule is CCCCCOC1CCC(C=CC2CCC(CCC)CC2)C(C)C1C. The summed E-state index contributed by atoms with van der Waals surface area (Å²) in [6.45, 7) is 10.4. The van der Waals surface area contributed by atoms with Gasteiger partial charge in [-0.15, -0.1) is 0 Å². The maximum atomic E-state index is 6.22. The molecule has 4 atom stereocenters. The highest BCUT2D eigenvalue weighted by Crippen LogP contribution is 2.38. The van der Waals surface area contributed by atoms with Crippen molar-refractivity contribution in [2.45, 2.75) is 104 Å². The van der Waals surface area contributed by atoms with Crippen LogP contribution in [0.25, 0.3) is 0 Å². The lowest BCUT2D eigenvalue weighted by atomic mass is 9.71. The quantitative estimate of drug-likeness (QED) is 0.311. The van der Waals surface area contributed by atoms with Gasteiger partial charge >= 0.3 is 0 Å². The summed E-state index contributed by atoms with van der Waals surface area (Å²) in [5.74, 6) is 4.12. The van der Waals surface area contributed by atoms with Gasteiger partial charge in [-0.3, -0.25) is 0 Å². The Morgan fingerprint density at radius 2 is 1.56 bits per heavy atom. The smallest absolute Gasteiger partial charge is 0.0603 e. The maximum absolute atomic E-state index is 6.22. The van der Waals surface area contributed by atoms with E-state index in [1.54, 1.807) is 0 Å². The second-order valence-corrected chi connectivity index (χ2v) is 9.03. The molecule has 0 bridgehead atoms. The van der Waals surface area contributed by atoms with Crippen molar-refractivity contribution in [3.63, 3.8) is 0 Å². The third-order valence-corrected chi connectivity index (χ3v) is 7.17. The molecule has 2 rings (SSSR count). The maximum Gasteiger partial charge on any atom is 0.0603 e. The second kappa shape index (κ2) is 11.4. The molecule has 2 fully saturated rings. The summed E-state index contributed by atoms with van der Waals surface area (Å²) in [5.41, 5.74) is 0. The topological polar surface area (TPSA) is 9.23 Å². The molecular weight excluding hydrogens is 304 g/mol. The first kappa shape index (κ1) is 21.0. The van der Waals surface area contributed by atoms with E-state index in [1.807, 2.05) is 0 Å². The fraction of sp³-hybridized carbons (Fsp3) is 0.917. The highest BCUT2D eigenvalue weighted by molar-refractivity contribution is 4.99. The second-order valence-electron chi connectivity index (χ2n) is 9.03. The Morgan fingerprint density at radius 3 is 2.24 bits per heavy atom. The van der Waals surface area contributed by atoms with E-state index in [0.29, 0.717) is 12.0 Å². The zero-order valence-electron chi connectivity index (χ0n) is 17.5. The van der Waals surface area contributed by atoms with E-state index in [4.69, 9.17) is 4.74 Å². The van der Waals surface area contributed by atoms with E-state index < -0.39 is 0 Å². The molecule has 4 unspecified atom stereocenters. The number of unbranched alkanes of at least 4 members (excludes halogenated alkanes) is 2. The van der Waals surface area contributed by atoms with Gasteiger partial charge in [0.05, 0.1) is 6.10 Å². The van der Waals surface area contributed by atoms with Crippen LogP contribution in [0.2, 0.25) is 0 Å². The number of allylic oxidation sites excluding steroid dienone is 2. The van der Waals surface area contributed by atoms with E-state index >= 15 is 0 Å². The Morgan fingerprint density at radius 1 is 0.800 bits per heavy atom. The third kappa shape index (κ3) is 6.74. The van der Waals surface area contributed by atoms with E-state index in [9.17, 15) is 0 Å². The number of ether oxygens (including phenoxy) is 1. The molecule has 0 heterocycles. The Bertz CT molecular complexity index is 366. The molecule has 146 valence electrons. The molecule has 0 aromatic rings. The van der Waals surface area contributed by atoms with E-state index in [1.165, 1.54) is 70.6 Å². The van der Waals surface area contributed by atoms with Crippen molar-refractivity contribution in [1.29, 1.82) is 0 Å². The van der Waals surface area contributed by atoms with Crippen molar-refractivity contribution < 1.29 is 4.74 Å². The molecule has 0 aliphatic heterocycles. The van der Waals surface area contributed by atoms with Crippen LogP contribution in [-0.2, 0) is 4.74 Å². The summed E-state index contributed by atoms with van der Waals surface area (Å²) in [5, 5.41) is 0. The Hall–Kier alpha value is -0.300. The fourth-order valence-corrected chi connectivity index (χ4v) is 5.08. The highest BCUT2D eigenvalue weighted by atomic mass is 16.5. The molecule has 0 spiro atoms. The van der Waals surface area contributed by atoms with Gasteiger partial charge in [0.1, 0.15) is 0 Å². The minimum Gasteiger partial charge on any atom is -0.378 e. The normalized spacial score (nSPS) is 36.8. The zero-order valence-corrected chi connectivity index (χ0v) is 17.5. The molecule has 0 aromatic heterocycles. The van der Waals surface area contributed by atoms with Crippen LogP contribution in [0.1, 0.15) is 98.3 Å². The summed E-state index contributed by atoms with van der Waals surface area (Å²) in [6.07, 6.45) is 20.7. The van der Waals surface area contributed by atoms with Crippen molar-refractivity contribution in [1.82, 2.24) is 0 Å². The van der Waals surface area contributed by atoms with Crippen molar-refractivity contribution in [3.8, 4) is 0 Å². The van der Waals surface area contributed by atoms with Crippen LogP contribution in [0.5, 0.6) is 0 Å². The van der Waals surface area contributed by atoms with E-state index in [0.717, 1.165) is 30.3 Å². The molecule has 0 radical (unpaired) electrons.